The summed E-state index contributed by atoms with van der Waals surface area (Å²) in [4.78, 5) is 32.0. The third kappa shape index (κ3) is 3.41. The number of aliphatic carboxylic acids is 1. The van der Waals surface area contributed by atoms with Crippen LogP contribution in [0.4, 0.5) is 0 Å². The molecule has 5 atom stereocenters. The SMILES string of the molecule is CC[C@@H](O)C1C(=O)N2C(C(=O)O)=C(CN3CC[C@H](CN=C(N)N)C3)[C@H](C)C12. The molecular weight excluding hydrogens is 350 g/mol. The summed E-state index contributed by atoms with van der Waals surface area (Å²) in [5, 5.41) is 19.9. The molecule has 9 nitrogen and oxygen atoms in total. The lowest BCUT2D eigenvalue weighted by Crippen LogP contribution is -2.64. The van der Waals surface area contributed by atoms with Crippen LogP contribution in [0.25, 0.3) is 0 Å². The predicted molar refractivity (Wildman–Crippen MR) is 99.5 cm³/mol. The zero-order valence-electron chi connectivity index (χ0n) is 15.8. The number of hydrogen-bond donors (Lipinski definition) is 4. The number of carbonyl (C=O) groups is 2. The summed E-state index contributed by atoms with van der Waals surface area (Å²) >= 11 is 0. The lowest BCUT2D eigenvalue weighted by atomic mass is 9.76. The Kier molecular flexibility index (Phi) is 5.43. The molecule has 0 aliphatic carbocycles. The van der Waals surface area contributed by atoms with Gasteiger partial charge in [-0.3, -0.25) is 14.7 Å². The van der Waals surface area contributed by atoms with Crippen LogP contribution in [0.15, 0.2) is 16.3 Å². The number of nitrogens with two attached hydrogens (primary N) is 2. The third-order valence-electron chi connectivity index (χ3n) is 6.13. The first-order chi connectivity index (χ1) is 12.8. The summed E-state index contributed by atoms with van der Waals surface area (Å²) in [6, 6.07) is -0.256. The van der Waals surface area contributed by atoms with E-state index in [1.807, 2.05) is 13.8 Å². The number of aliphatic hydroxyl groups is 1. The normalized spacial score (nSPS) is 31.7. The van der Waals surface area contributed by atoms with Gasteiger partial charge in [-0.25, -0.2) is 4.79 Å². The first-order valence-electron chi connectivity index (χ1n) is 9.51. The molecule has 0 bridgehead atoms. The fraction of sp³-hybridized carbons (Fsp3) is 0.722. The Morgan fingerprint density at radius 3 is 2.70 bits per heavy atom. The topological polar surface area (TPSA) is 145 Å². The van der Waals surface area contributed by atoms with Gasteiger partial charge in [-0.15, -0.1) is 0 Å². The third-order valence-corrected chi connectivity index (χ3v) is 6.13. The van der Waals surface area contributed by atoms with Gasteiger partial charge in [-0.1, -0.05) is 13.8 Å². The maximum absolute atomic E-state index is 12.5. The molecule has 9 heteroatoms. The highest BCUT2D eigenvalue weighted by molar-refractivity contribution is 6.00. The molecule has 2 saturated heterocycles. The van der Waals surface area contributed by atoms with Crippen molar-refractivity contribution in [1.29, 1.82) is 0 Å². The molecule has 1 amide bonds. The van der Waals surface area contributed by atoms with Crippen LogP contribution in [0.3, 0.4) is 0 Å². The number of carboxylic acids is 1. The first kappa shape index (κ1) is 19.6. The van der Waals surface area contributed by atoms with Crippen molar-refractivity contribution in [1.82, 2.24) is 9.80 Å². The van der Waals surface area contributed by atoms with E-state index in [-0.39, 0.29) is 29.5 Å². The number of guanidine groups is 1. The van der Waals surface area contributed by atoms with Crippen LogP contribution in [0, 0.1) is 17.8 Å². The smallest absolute Gasteiger partial charge is 0.352 e. The van der Waals surface area contributed by atoms with Gasteiger partial charge in [0.2, 0.25) is 5.91 Å². The molecule has 6 N–H and O–H groups in total. The predicted octanol–water partition coefficient (Wildman–Crippen LogP) is -0.832. The minimum atomic E-state index is -1.08. The van der Waals surface area contributed by atoms with Crippen molar-refractivity contribution < 1.29 is 19.8 Å². The lowest BCUT2D eigenvalue weighted by Gasteiger charge is -2.47. The number of amides is 1. The monoisotopic (exact) mass is 379 g/mol. The Bertz CT molecular complexity index is 687. The molecule has 27 heavy (non-hydrogen) atoms. The summed E-state index contributed by atoms with van der Waals surface area (Å²) in [6.45, 7) is 6.49. The molecule has 0 aromatic rings. The van der Waals surface area contributed by atoms with Crippen LogP contribution in [0.5, 0.6) is 0 Å². The van der Waals surface area contributed by atoms with E-state index in [0.717, 1.165) is 25.1 Å². The van der Waals surface area contributed by atoms with Crippen LogP contribution < -0.4 is 11.5 Å². The van der Waals surface area contributed by atoms with Crippen LogP contribution in [0.1, 0.15) is 26.7 Å². The summed E-state index contributed by atoms with van der Waals surface area (Å²) in [7, 11) is 0. The first-order valence-corrected chi connectivity index (χ1v) is 9.51. The number of carboxylic acid groups (broad SMARTS) is 1. The molecule has 3 aliphatic heterocycles. The molecule has 0 aromatic heterocycles. The van der Waals surface area contributed by atoms with Crippen molar-refractivity contribution in [3.05, 3.63) is 11.3 Å². The van der Waals surface area contributed by atoms with E-state index in [1.54, 1.807) is 0 Å². The number of aliphatic hydroxyl groups excluding tert-OH is 1. The molecule has 150 valence electrons. The average molecular weight is 379 g/mol. The van der Waals surface area contributed by atoms with Gasteiger partial charge in [-0.2, -0.15) is 0 Å². The molecule has 3 heterocycles. The molecule has 2 unspecified atom stereocenters. The van der Waals surface area contributed by atoms with E-state index >= 15 is 0 Å². The van der Waals surface area contributed by atoms with Gasteiger partial charge in [-0.05, 0) is 30.9 Å². The van der Waals surface area contributed by atoms with Crippen LogP contribution >= 0.6 is 0 Å². The van der Waals surface area contributed by atoms with Gasteiger partial charge >= 0.3 is 5.97 Å². The van der Waals surface area contributed by atoms with E-state index in [0.29, 0.717) is 25.4 Å². The molecular formula is C18H29N5O4. The van der Waals surface area contributed by atoms with E-state index < -0.39 is 18.0 Å². The highest BCUT2D eigenvalue weighted by Crippen LogP contribution is 2.47. The summed E-state index contributed by atoms with van der Waals surface area (Å²) in [5.41, 5.74) is 11.7. The maximum Gasteiger partial charge on any atom is 0.352 e. The van der Waals surface area contributed by atoms with Crippen LogP contribution in [0.2, 0.25) is 0 Å². The van der Waals surface area contributed by atoms with E-state index in [2.05, 4.69) is 9.89 Å². The highest BCUT2D eigenvalue weighted by atomic mass is 16.4. The molecule has 0 saturated carbocycles. The number of rotatable bonds is 7. The van der Waals surface area contributed by atoms with Gasteiger partial charge in [0.25, 0.3) is 0 Å². The van der Waals surface area contributed by atoms with Crippen molar-refractivity contribution in [2.45, 2.75) is 38.8 Å². The number of carbonyl (C=O) groups excluding carboxylic acids is 1. The quantitative estimate of drug-likeness (QED) is 0.256. The Balaban J connectivity index is 1.74. The largest absolute Gasteiger partial charge is 0.477 e. The second-order valence-corrected chi connectivity index (χ2v) is 7.82. The Hall–Kier alpha value is -2.13. The van der Waals surface area contributed by atoms with Crippen molar-refractivity contribution >= 4 is 17.8 Å². The lowest BCUT2D eigenvalue weighted by molar-refractivity contribution is -0.164. The van der Waals surface area contributed by atoms with Crippen molar-refractivity contribution in [2.75, 3.05) is 26.2 Å². The number of β-lactam (4-membered cyclic amide) rings is 1. The Morgan fingerprint density at radius 1 is 1.41 bits per heavy atom. The standard InChI is InChI=1S/C18H29N5O4/c1-3-12(24)13-14-9(2)11(15(17(26)27)23(14)16(13)25)8-22-5-4-10(7-22)6-21-18(19)20/h9-10,12-14,24H,3-8H2,1-2H3,(H,26,27)(H4,19,20,21)/t9-,10+,12+,13?,14?/m0/s1. The molecule has 0 spiro atoms. The fourth-order valence-electron chi connectivity index (χ4n) is 4.69. The molecule has 3 aliphatic rings. The average Bonchev–Trinajstić information content (AvgIpc) is 3.15. The summed E-state index contributed by atoms with van der Waals surface area (Å²) in [6.07, 6.45) is 0.694. The Labute approximate surface area is 158 Å². The van der Waals surface area contributed by atoms with Crippen molar-refractivity contribution in [3.8, 4) is 0 Å². The van der Waals surface area contributed by atoms with E-state index in [1.165, 1.54) is 4.90 Å². The number of fused-ring (bicyclic) bond motifs is 1. The zero-order chi connectivity index (χ0) is 19.9. The molecule has 3 rings (SSSR count). The van der Waals surface area contributed by atoms with E-state index in [9.17, 15) is 19.8 Å². The number of aliphatic imine (C=N–C) groups is 1. The minimum absolute atomic E-state index is 0.0807. The highest BCUT2D eigenvalue weighted by Gasteiger charge is 2.60. The fourth-order valence-corrected chi connectivity index (χ4v) is 4.69. The number of likely N-dealkylation sites (tertiary alicyclic amines) is 1. The number of hydrogen-bond acceptors (Lipinski definition) is 5. The van der Waals surface area contributed by atoms with Gasteiger partial charge in [0, 0.05) is 25.6 Å². The van der Waals surface area contributed by atoms with Crippen LogP contribution in [-0.2, 0) is 9.59 Å². The summed E-state index contributed by atoms with van der Waals surface area (Å²) < 4.78 is 0. The number of nitrogens with zero attached hydrogens (tertiary/aromatic N) is 3. The zero-order valence-corrected chi connectivity index (χ0v) is 15.8. The second kappa shape index (κ2) is 7.47. The minimum Gasteiger partial charge on any atom is -0.477 e. The van der Waals surface area contributed by atoms with Crippen molar-refractivity contribution in [3.63, 3.8) is 0 Å². The van der Waals surface area contributed by atoms with Gasteiger partial charge in [0.1, 0.15) is 5.70 Å². The summed E-state index contributed by atoms with van der Waals surface area (Å²) in [5.74, 6) is -1.53. The molecule has 2 fully saturated rings. The van der Waals surface area contributed by atoms with E-state index in [4.69, 9.17) is 11.5 Å². The van der Waals surface area contributed by atoms with Gasteiger partial charge in [0.05, 0.1) is 18.1 Å². The Morgan fingerprint density at radius 2 is 2.11 bits per heavy atom. The van der Waals surface area contributed by atoms with Gasteiger partial charge in [0.15, 0.2) is 5.96 Å². The molecule has 0 aromatic carbocycles. The second-order valence-electron chi connectivity index (χ2n) is 7.82. The maximum atomic E-state index is 12.5. The molecule has 0 radical (unpaired) electrons. The van der Waals surface area contributed by atoms with Gasteiger partial charge < -0.3 is 26.6 Å². The van der Waals surface area contributed by atoms with Crippen LogP contribution in [-0.4, -0.2) is 76.2 Å². The van der Waals surface area contributed by atoms with Crippen molar-refractivity contribution in [2.24, 2.45) is 34.2 Å².